The van der Waals surface area contributed by atoms with Crippen LogP contribution >= 0.6 is 15.9 Å². The normalized spacial score (nSPS) is 10.9. The monoisotopic (exact) mass is 371 g/mol. The number of amides is 1. The molecule has 1 N–H and O–H groups in total. The molecule has 0 fully saturated rings. The van der Waals surface area contributed by atoms with E-state index in [0.29, 0.717) is 11.3 Å². The van der Waals surface area contributed by atoms with Crippen molar-refractivity contribution in [2.45, 2.75) is 26.7 Å². The maximum atomic E-state index is 12.6. The molecule has 2 aromatic carbocycles. The van der Waals surface area contributed by atoms with E-state index in [1.807, 2.05) is 36.4 Å². The maximum absolute atomic E-state index is 12.6. The van der Waals surface area contributed by atoms with Gasteiger partial charge in [0.05, 0.1) is 4.47 Å². The minimum absolute atomic E-state index is 0.219. The Morgan fingerprint density at radius 2 is 1.74 bits per heavy atom. The summed E-state index contributed by atoms with van der Waals surface area (Å²) in [5.74, 6) is 0.101. The quantitative estimate of drug-likeness (QED) is 0.650. The lowest BCUT2D eigenvalue weighted by Crippen LogP contribution is -2.14. The molecule has 118 valence electrons. The number of carbonyl (C=O) groups excluding carboxylic acids is 1. The minimum atomic E-state index is -0.219. The van der Waals surface area contributed by atoms with Crippen molar-refractivity contribution in [3.63, 3.8) is 0 Å². The number of benzene rings is 2. The predicted molar refractivity (Wildman–Crippen MR) is 97.1 cm³/mol. The number of hydrogen-bond acceptors (Lipinski definition) is 2. The fourth-order valence-electron chi connectivity index (χ4n) is 2.72. The van der Waals surface area contributed by atoms with Crippen LogP contribution in [-0.4, -0.2) is 5.91 Å². The van der Waals surface area contributed by atoms with Gasteiger partial charge in [0.2, 0.25) is 0 Å². The van der Waals surface area contributed by atoms with E-state index in [1.54, 1.807) is 6.07 Å². The molecule has 1 aromatic heterocycles. The summed E-state index contributed by atoms with van der Waals surface area (Å²) in [4.78, 5) is 12.6. The van der Waals surface area contributed by atoms with Crippen LogP contribution in [0.1, 0.15) is 35.5 Å². The van der Waals surface area contributed by atoms with Crippen LogP contribution in [0, 0.1) is 0 Å². The number of rotatable bonds is 4. The van der Waals surface area contributed by atoms with Crippen molar-refractivity contribution >= 4 is 38.5 Å². The molecule has 23 heavy (non-hydrogen) atoms. The Kier molecular flexibility index (Phi) is 4.53. The summed E-state index contributed by atoms with van der Waals surface area (Å²) in [7, 11) is 0. The summed E-state index contributed by atoms with van der Waals surface area (Å²) in [5.41, 5.74) is 3.86. The third-order valence-corrected chi connectivity index (χ3v) is 4.58. The Hall–Kier alpha value is -2.07. The topological polar surface area (TPSA) is 42.2 Å². The van der Waals surface area contributed by atoms with Gasteiger partial charge in [-0.2, -0.15) is 0 Å². The third kappa shape index (κ3) is 3.04. The summed E-state index contributed by atoms with van der Waals surface area (Å²) < 4.78 is 6.57. The molecule has 0 aliphatic rings. The molecule has 0 radical (unpaired) electrons. The van der Waals surface area contributed by atoms with Crippen molar-refractivity contribution in [1.82, 2.24) is 0 Å². The van der Waals surface area contributed by atoms with Gasteiger partial charge in [-0.05, 0) is 52.0 Å². The fourth-order valence-corrected chi connectivity index (χ4v) is 3.18. The van der Waals surface area contributed by atoms with E-state index in [-0.39, 0.29) is 5.91 Å². The van der Waals surface area contributed by atoms with Crippen LogP contribution in [0.5, 0.6) is 0 Å². The summed E-state index contributed by atoms with van der Waals surface area (Å²) in [5, 5.41) is 3.94. The molecule has 0 spiro atoms. The Labute approximate surface area is 143 Å². The average molecular weight is 372 g/mol. The summed E-state index contributed by atoms with van der Waals surface area (Å²) in [6, 6.07) is 13.6. The first-order chi connectivity index (χ1) is 11.1. The van der Waals surface area contributed by atoms with Gasteiger partial charge in [-0.1, -0.05) is 44.2 Å². The van der Waals surface area contributed by atoms with Gasteiger partial charge in [-0.3, -0.25) is 4.79 Å². The second-order valence-electron chi connectivity index (χ2n) is 5.38. The number of hydrogen-bond donors (Lipinski definition) is 1. The number of carbonyl (C=O) groups is 1. The Morgan fingerprint density at radius 1 is 1.09 bits per heavy atom. The lowest BCUT2D eigenvalue weighted by molar-refractivity contribution is 0.0998. The number of halogens is 1. The molecule has 0 saturated carbocycles. The van der Waals surface area contributed by atoms with E-state index < -0.39 is 0 Å². The lowest BCUT2D eigenvalue weighted by Gasteiger charge is -2.13. The fraction of sp³-hybridized carbons (Fsp3) is 0.211. The van der Waals surface area contributed by atoms with E-state index >= 15 is 0 Å². The van der Waals surface area contributed by atoms with Crippen molar-refractivity contribution in [2.75, 3.05) is 5.32 Å². The van der Waals surface area contributed by atoms with Gasteiger partial charge in [0.15, 0.2) is 5.76 Å². The molecule has 1 amide bonds. The number of para-hydroxylation sites is 2. The molecular weight excluding hydrogens is 354 g/mol. The van der Waals surface area contributed by atoms with E-state index in [0.717, 1.165) is 39.5 Å². The molecule has 4 heteroatoms. The van der Waals surface area contributed by atoms with Crippen LogP contribution in [0.25, 0.3) is 11.0 Å². The van der Waals surface area contributed by atoms with Crippen molar-refractivity contribution in [1.29, 1.82) is 0 Å². The minimum Gasteiger partial charge on any atom is -0.450 e. The second kappa shape index (κ2) is 6.59. The van der Waals surface area contributed by atoms with Gasteiger partial charge in [-0.25, -0.2) is 0 Å². The zero-order chi connectivity index (χ0) is 16.4. The summed E-state index contributed by atoms with van der Waals surface area (Å²) in [6.07, 6.45) is 1.74. The van der Waals surface area contributed by atoms with Crippen LogP contribution in [0.4, 0.5) is 5.69 Å². The van der Waals surface area contributed by atoms with Gasteiger partial charge >= 0.3 is 0 Å². The molecule has 3 aromatic rings. The van der Waals surface area contributed by atoms with E-state index in [2.05, 4.69) is 35.1 Å². The average Bonchev–Trinajstić information content (AvgIpc) is 3.01. The Balaban J connectivity index is 1.96. The summed E-state index contributed by atoms with van der Waals surface area (Å²) in [6.45, 7) is 4.17. The molecule has 3 rings (SSSR count). The van der Waals surface area contributed by atoms with Crippen molar-refractivity contribution in [3.8, 4) is 0 Å². The number of furan rings is 1. The number of nitrogens with one attached hydrogen (secondary N) is 1. The molecule has 0 saturated heterocycles. The first kappa shape index (κ1) is 15.8. The SMILES string of the molecule is CCc1cccc(CC)c1NC(=O)c1cc2cccc(Br)c2o1. The highest BCUT2D eigenvalue weighted by molar-refractivity contribution is 9.10. The van der Waals surface area contributed by atoms with Crippen LogP contribution in [0.2, 0.25) is 0 Å². The molecule has 0 aliphatic carbocycles. The highest BCUT2D eigenvalue weighted by Crippen LogP contribution is 2.28. The molecule has 0 bridgehead atoms. The van der Waals surface area contributed by atoms with Gasteiger partial charge < -0.3 is 9.73 Å². The number of aryl methyl sites for hydroxylation is 2. The molecule has 0 atom stereocenters. The van der Waals surface area contributed by atoms with E-state index in [4.69, 9.17) is 4.42 Å². The molecule has 1 heterocycles. The summed E-state index contributed by atoms with van der Waals surface area (Å²) >= 11 is 3.45. The largest absolute Gasteiger partial charge is 0.450 e. The predicted octanol–water partition coefficient (Wildman–Crippen LogP) is 5.57. The highest BCUT2D eigenvalue weighted by Gasteiger charge is 2.16. The second-order valence-corrected chi connectivity index (χ2v) is 6.24. The standard InChI is InChI=1S/C19H18BrNO2/c1-3-12-7-5-8-13(4-2)17(12)21-19(22)16-11-14-9-6-10-15(20)18(14)23-16/h5-11H,3-4H2,1-2H3,(H,21,22). The highest BCUT2D eigenvalue weighted by atomic mass is 79.9. The van der Waals surface area contributed by atoms with Crippen LogP contribution < -0.4 is 5.32 Å². The maximum Gasteiger partial charge on any atom is 0.291 e. The first-order valence-electron chi connectivity index (χ1n) is 7.74. The number of fused-ring (bicyclic) bond motifs is 1. The molecule has 3 nitrogen and oxygen atoms in total. The van der Waals surface area contributed by atoms with Gasteiger partial charge in [0, 0.05) is 11.1 Å². The Morgan fingerprint density at radius 3 is 2.35 bits per heavy atom. The van der Waals surface area contributed by atoms with E-state index in [1.165, 1.54) is 0 Å². The first-order valence-corrected chi connectivity index (χ1v) is 8.53. The Bertz CT molecular complexity index is 845. The van der Waals surface area contributed by atoms with Crippen LogP contribution in [0.15, 0.2) is 51.4 Å². The van der Waals surface area contributed by atoms with Gasteiger partial charge in [-0.15, -0.1) is 0 Å². The van der Waals surface area contributed by atoms with Crippen LogP contribution in [0.3, 0.4) is 0 Å². The van der Waals surface area contributed by atoms with Crippen LogP contribution in [-0.2, 0) is 12.8 Å². The lowest BCUT2D eigenvalue weighted by atomic mass is 10.0. The zero-order valence-corrected chi connectivity index (χ0v) is 14.7. The molecular formula is C19H18BrNO2. The van der Waals surface area contributed by atoms with Crippen molar-refractivity contribution in [2.24, 2.45) is 0 Å². The van der Waals surface area contributed by atoms with Crippen molar-refractivity contribution < 1.29 is 9.21 Å². The molecule has 0 unspecified atom stereocenters. The van der Waals surface area contributed by atoms with Gasteiger partial charge in [0.25, 0.3) is 5.91 Å². The van der Waals surface area contributed by atoms with Gasteiger partial charge in [0.1, 0.15) is 5.58 Å². The zero-order valence-electron chi connectivity index (χ0n) is 13.2. The number of anilines is 1. The van der Waals surface area contributed by atoms with E-state index in [9.17, 15) is 4.79 Å². The van der Waals surface area contributed by atoms with Crippen molar-refractivity contribution in [3.05, 3.63) is 63.8 Å². The smallest absolute Gasteiger partial charge is 0.291 e. The third-order valence-electron chi connectivity index (χ3n) is 3.96. The molecule has 0 aliphatic heterocycles.